The van der Waals surface area contributed by atoms with Crippen molar-refractivity contribution in [3.8, 4) is 0 Å². The first-order valence-corrected chi connectivity index (χ1v) is 10.0. The molecule has 3 heterocycles. The number of likely N-dealkylation sites (tertiary alicyclic amines) is 1. The van der Waals surface area contributed by atoms with E-state index in [1.54, 1.807) is 0 Å². The first-order chi connectivity index (χ1) is 12.6. The highest BCUT2D eigenvalue weighted by molar-refractivity contribution is 5.96. The Morgan fingerprint density at radius 3 is 2.44 bits per heavy atom. The van der Waals surface area contributed by atoms with E-state index in [4.69, 9.17) is 0 Å². The van der Waals surface area contributed by atoms with Gasteiger partial charge in [0.2, 0.25) is 5.91 Å². The van der Waals surface area contributed by atoms with Gasteiger partial charge in [-0.2, -0.15) is 0 Å². The molecule has 2 N–H and O–H groups in total. The van der Waals surface area contributed by atoms with Crippen molar-refractivity contribution in [2.45, 2.75) is 64.0 Å². The number of nitrogens with one attached hydrogen (secondary N) is 2. The Balaban J connectivity index is 0.00000210. The smallest absolute Gasteiger partial charge is 0.253 e. The maximum atomic E-state index is 12.5. The fourth-order valence-electron chi connectivity index (χ4n) is 4.84. The minimum absolute atomic E-state index is 0. The summed E-state index contributed by atoms with van der Waals surface area (Å²) < 4.78 is 0. The molecule has 148 valence electrons. The van der Waals surface area contributed by atoms with Crippen molar-refractivity contribution in [3.63, 3.8) is 0 Å². The number of carbonyl (C=O) groups is 2. The van der Waals surface area contributed by atoms with Crippen LogP contribution in [0.3, 0.4) is 0 Å². The third kappa shape index (κ3) is 4.64. The summed E-state index contributed by atoms with van der Waals surface area (Å²) in [4.78, 5) is 26.9. The van der Waals surface area contributed by atoms with Crippen LogP contribution in [0.1, 0.15) is 60.9 Å². The molecule has 2 amide bonds. The molecule has 0 aromatic heterocycles. The Hall–Kier alpha value is -1.59. The molecule has 27 heavy (non-hydrogen) atoms. The van der Waals surface area contributed by atoms with Gasteiger partial charge in [0.1, 0.15) is 0 Å². The molecule has 0 radical (unpaired) electrons. The third-order valence-electron chi connectivity index (χ3n) is 6.19. The molecule has 2 bridgehead atoms. The second-order valence-corrected chi connectivity index (χ2v) is 8.26. The molecule has 0 aliphatic carbocycles. The summed E-state index contributed by atoms with van der Waals surface area (Å²) in [6.07, 6.45) is 7.54. The molecule has 3 saturated heterocycles. The fourth-order valence-corrected chi connectivity index (χ4v) is 4.84. The van der Waals surface area contributed by atoms with Gasteiger partial charge in [0, 0.05) is 42.8 Å². The molecule has 0 spiro atoms. The highest BCUT2D eigenvalue weighted by Gasteiger charge is 2.34. The number of hydrogen-bond acceptors (Lipinski definition) is 3. The summed E-state index contributed by atoms with van der Waals surface area (Å²) in [6.45, 7) is 3.67. The Labute approximate surface area is 167 Å². The SMILES string of the molecule is Cc1cc(C(=O)N2CCCC2)ccc1NC(=O)CC1CC2CCC(C1)N2.Cl. The van der Waals surface area contributed by atoms with Gasteiger partial charge in [0.25, 0.3) is 5.91 Å². The van der Waals surface area contributed by atoms with Gasteiger partial charge in [-0.05, 0) is 75.1 Å². The molecule has 6 heteroatoms. The number of hydrogen-bond donors (Lipinski definition) is 2. The van der Waals surface area contributed by atoms with Gasteiger partial charge in [0.05, 0.1) is 0 Å². The van der Waals surface area contributed by atoms with E-state index in [1.165, 1.54) is 12.8 Å². The minimum atomic E-state index is 0. The van der Waals surface area contributed by atoms with Crippen molar-refractivity contribution in [2.24, 2.45) is 5.92 Å². The normalized spacial score (nSPS) is 26.6. The molecular weight excluding hydrogens is 362 g/mol. The fraction of sp³-hybridized carbons (Fsp3) is 0.619. The number of anilines is 1. The van der Waals surface area contributed by atoms with Crippen LogP contribution in [-0.2, 0) is 4.79 Å². The molecule has 3 aliphatic rings. The van der Waals surface area contributed by atoms with E-state index in [9.17, 15) is 9.59 Å². The zero-order chi connectivity index (χ0) is 18.1. The summed E-state index contributed by atoms with van der Waals surface area (Å²) in [5.41, 5.74) is 2.50. The van der Waals surface area contributed by atoms with Crippen LogP contribution in [0, 0.1) is 12.8 Å². The lowest BCUT2D eigenvalue weighted by Gasteiger charge is -2.28. The van der Waals surface area contributed by atoms with E-state index in [-0.39, 0.29) is 24.2 Å². The second-order valence-electron chi connectivity index (χ2n) is 8.26. The average Bonchev–Trinajstić information content (AvgIpc) is 3.26. The van der Waals surface area contributed by atoms with Gasteiger partial charge in [-0.3, -0.25) is 9.59 Å². The minimum Gasteiger partial charge on any atom is -0.339 e. The van der Waals surface area contributed by atoms with Gasteiger partial charge < -0.3 is 15.5 Å². The third-order valence-corrected chi connectivity index (χ3v) is 6.19. The molecular formula is C21H30ClN3O2. The van der Waals surface area contributed by atoms with E-state index in [0.29, 0.717) is 24.4 Å². The first-order valence-electron chi connectivity index (χ1n) is 10.0. The first kappa shape index (κ1) is 20.2. The molecule has 2 atom stereocenters. The van der Waals surface area contributed by atoms with Crippen molar-refractivity contribution >= 4 is 29.9 Å². The van der Waals surface area contributed by atoms with Crippen LogP contribution in [0.25, 0.3) is 0 Å². The molecule has 2 unspecified atom stereocenters. The number of benzene rings is 1. The van der Waals surface area contributed by atoms with Crippen LogP contribution in [0.4, 0.5) is 5.69 Å². The zero-order valence-corrected chi connectivity index (χ0v) is 16.8. The van der Waals surface area contributed by atoms with Gasteiger partial charge in [-0.25, -0.2) is 0 Å². The zero-order valence-electron chi connectivity index (χ0n) is 16.0. The Morgan fingerprint density at radius 2 is 1.81 bits per heavy atom. The molecule has 4 rings (SSSR count). The van der Waals surface area contributed by atoms with E-state index >= 15 is 0 Å². The van der Waals surface area contributed by atoms with Crippen LogP contribution in [0.2, 0.25) is 0 Å². The van der Waals surface area contributed by atoms with Crippen LogP contribution < -0.4 is 10.6 Å². The molecule has 1 aromatic rings. The van der Waals surface area contributed by atoms with E-state index in [0.717, 1.165) is 55.6 Å². The molecule has 0 saturated carbocycles. The van der Waals surface area contributed by atoms with Gasteiger partial charge in [-0.15, -0.1) is 12.4 Å². The highest BCUT2D eigenvalue weighted by atomic mass is 35.5. The average molecular weight is 392 g/mol. The Kier molecular flexibility index (Phi) is 6.43. The number of halogens is 1. The lowest BCUT2D eigenvalue weighted by atomic mass is 9.89. The van der Waals surface area contributed by atoms with Crippen molar-refractivity contribution in [3.05, 3.63) is 29.3 Å². The quantitative estimate of drug-likeness (QED) is 0.825. The summed E-state index contributed by atoms with van der Waals surface area (Å²) >= 11 is 0. The summed E-state index contributed by atoms with van der Waals surface area (Å²) in [7, 11) is 0. The number of aryl methyl sites for hydroxylation is 1. The molecule has 5 nitrogen and oxygen atoms in total. The number of rotatable bonds is 4. The number of piperidine rings is 1. The van der Waals surface area contributed by atoms with Gasteiger partial charge in [-0.1, -0.05) is 0 Å². The maximum absolute atomic E-state index is 12.5. The number of nitrogens with zero attached hydrogens (tertiary/aromatic N) is 1. The second kappa shape index (κ2) is 8.61. The van der Waals surface area contributed by atoms with Gasteiger partial charge in [0.15, 0.2) is 0 Å². The summed E-state index contributed by atoms with van der Waals surface area (Å²) in [6, 6.07) is 6.85. The predicted molar refractivity (Wildman–Crippen MR) is 109 cm³/mol. The number of fused-ring (bicyclic) bond motifs is 2. The lowest BCUT2D eigenvalue weighted by Crippen LogP contribution is -2.39. The molecule has 1 aromatic carbocycles. The van der Waals surface area contributed by atoms with Crippen LogP contribution in [-0.4, -0.2) is 41.9 Å². The molecule has 3 fully saturated rings. The van der Waals surface area contributed by atoms with Crippen molar-refractivity contribution < 1.29 is 9.59 Å². The van der Waals surface area contributed by atoms with E-state index in [2.05, 4.69) is 10.6 Å². The van der Waals surface area contributed by atoms with Crippen molar-refractivity contribution in [2.75, 3.05) is 18.4 Å². The van der Waals surface area contributed by atoms with Crippen molar-refractivity contribution in [1.29, 1.82) is 0 Å². The predicted octanol–water partition coefficient (Wildman–Crippen LogP) is 3.51. The number of amides is 2. The summed E-state index contributed by atoms with van der Waals surface area (Å²) in [5, 5.41) is 6.68. The lowest BCUT2D eigenvalue weighted by molar-refractivity contribution is -0.117. The van der Waals surface area contributed by atoms with Crippen molar-refractivity contribution in [1.82, 2.24) is 10.2 Å². The topological polar surface area (TPSA) is 61.4 Å². The van der Waals surface area contributed by atoms with Gasteiger partial charge >= 0.3 is 0 Å². The largest absolute Gasteiger partial charge is 0.339 e. The van der Waals surface area contributed by atoms with E-state index in [1.807, 2.05) is 30.0 Å². The van der Waals surface area contributed by atoms with E-state index < -0.39 is 0 Å². The maximum Gasteiger partial charge on any atom is 0.253 e. The standard InChI is InChI=1S/C21H29N3O2.ClH/c1-14-10-16(21(26)24-8-2-3-9-24)4-7-19(14)23-20(25)13-15-11-17-5-6-18(12-15)22-17;/h4,7,10,15,17-18,22H,2-3,5-6,8-9,11-13H2,1H3,(H,23,25);1H. The summed E-state index contributed by atoms with van der Waals surface area (Å²) in [5.74, 6) is 0.691. The Morgan fingerprint density at radius 1 is 1.15 bits per heavy atom. The number of carbonyl (C=O) groups excluding carboxylic acids is 2. The van der Waals surface area contributed by atoms with Crippen LogP contribution in [0.15, 0.2) is 18.2 Å². The van der Waals surface area contributed by atoms with Crippen LogP contribution in [0.5, 0.6) is 0 Å². The Bertz CT molecular complexity index is 691. The molecule has 3 aliphatic heterocycles. The van der Waals surface area contributed by atoms with Crippen LogP contribution >= 0.6 is 12.4 Å². The monoisotopic (exact) mass is 391 g/mol. The highest BCUT2D eigenvalue weighted by Crippen LogP contribution is 2.33.